The zero-order valence-electron chi connectivity index (χ0n) is 20.9. The van der Waals surface area contributed by atoms with E-state index in [9.17, 15) is 20.4 Å². The summed E-state index contributed by atoms with van der Waals surface area (Å²) in [5.74, 6) is -0.194. The van der Waals surface area contributed by atoms with Crippen molar-refractivity contribution >= 4 is 0 Å². The Morgan fingerprint density at radius 1 is 0.600 bits per heavy atom. The van der Waals surface area contributed by atoms with Crippen LogP contribution in [0, 0.1) is 11.8 Å². The first-order chi connectivity index (χ1) is 13.4. The Bertz CT molecular complexity index is 484. The molecule has 0 bridgehead atoms. The average Bonchev–Trinajstić information content (AvgIpc) is 2.65. The number of β-amino-alcohol motifs (C(OH)–C–C–N with tert-alkyl or cyclic N) is 2. The largest absolute Gasteiger partial charge is 0.387 e. The minimum absolute atomic E-state index is 0.0971. The first kappa shape index (κ1) is 27.8. The van der Waals surface area contributed by atoms with Gasteiger partial charge in [-0.3, -0.25) is 9.80 Å². The van der Waals surface area contributed by atoms with Gasteiger partial charge in [0.05, 0.1) is 11.2 Å². The molecule has 7 heteroatoms. The fraction of sp³-hybridized carbons (Fsp3) is 1.00. The fourth-order valence-electron chi connectivity index (χ4n) is 4.41. The van der Waals surface area contributed by atoms with E-state index < -0.39 is 22.4 Å². The third kappa shape index (κ3) is 6.61. The van der Waals surface area contributed by atoms with Gasteiger partial charge in [0.2, 0.25) is 0 Å². The molecular formula is C23H49N3O4. The summed E-state index contributed by atoms with van der Waals surface area (Å²) in [5.41, 5.74) is -4.89. The molecule has 4 N–H and O–H groups in total. The topological polar surface area (TPSA) is 90.6 Å². The Kier molecular flexibility index (Phi) is 9.35. The molecule has 0 aromatic heterocycles. The van der Waals surface area contributed by atoms with Crippen molar-refractivity contribution in [3.63, 3.8) is 0 Å². The normalized spacial score (nSPS) is 23.7. The van der Waals surface area contributed by atoms with Crippen LogP contribution in [0.3, 0.4) is 0 Å². The minimum atomic E-state index is -1.23. The summed E-state index contributed by atoms with van der Waals surface area (Å²) in [6, 6.07) is 0. The zero-order chi connectivity index (χ0) is 23.5. The highest BCUT2D eigenvalue weighted by Crippen LogP contribution is 2.32. The summed E-state index contributed by atoms with van der Waals surface area (Å²) in [5, 5.41) is 44.0. The molecule has 2 atom stereocenters. The van der Waals surface area contributed by atoms with Crippen molar-refractivity contribution in [2.75, 3.05) is 59.4 Å². The lowest BCUT2D eigenvalue weighted by atomic mass is 9.76. The highest BCUT2D eigenvalue weighted by molar-refractivity contribution is 5.00. The second-order valence-corrected chi connectivity index (χ2v) is 11.1. The molecule has 1 rings (SSSR count). The van der Waals surface area contributed by atoms with Gasteiger partial charge in [-0.15, -0.1) is 0 Å². The quantitative estimate of drug-likeness (QED) is 0.453. The maximum Gasteiger partial charge on any atom is 0.108 e. The molecule has 1 saturated heterocycles. The average molecular weight is 432 g/mol. The van der Waals surface area contributed by atoms with Gasteiger partial charge in [-0.05, 0) is 46.6 Å². The van der Waals surface area contributed by atoms with Crippen LogP contribution in [0.2, 0.25) is 0 Å². The Hall–Kier alpha value is -0.280. The molecule has 0 spiro atoms. The van der Waals surface area contributed by atoms with E-state index in [0.717, 1.165) is 39.3 Å². The van der Waals surface area contributed by atoms with E-state index in [2.05, 4.69) is 21.7 Å². The van der Waals surface area contributed by atoms with Gasteiger partial charge < -0.3 is 25.3 Å². The van der Waals surface area contributed by atoms with E-state index in [0.29, 0.717) is 13.1 Å². The van der Waals surface area contributed by atoms with Gasteiger partial charge in [-0.2, -0.15) is 0 Å². The molecule has 30 heavy (non-hydrogen) atoms. The molecule has 1 heterocycles. The molecule has 1 aliphatic heterocycles. The van der Waals surface area contributed by atoms with Crippen molar-refractivity contribution < 1.29 is 20.4 Å². The Balaban J connectivity index is 3.04. The molecular weight excluding hydrogens is 382 g/mol. The molecule has 7 nitrogen and oxygen atoms in total. The monoisotopic (exact) mass is 431 g/mol. The van der Waals surface area contributed by atoms with Gasteiger partial charge in [0.1, 0.15) is 11.2 Å². The summed E-state index contributed by atoms with van der Waals surface area (Å²) in [4.78, 5) is 6.68. The van der Waals surface area contributed by atoms with Gasteiger partial charge >= 0.3 is 0 Å². The molecule has 0 aromatic carbocycles. The van der Waals surface area contributed by atoms with Gasteiger partial charge in [0.15, 0.2) is 0 Å². The van der Waals surface area contributed by atoms with Crippen molar-refractivity contribution in [1.29, 1.82) is 0 Å². The van der Waals surface area contributed by atoms with Crippen LogP contribution in [0.5, 0.6) is 0 Å². The first-order valence-electron chi connectivity index (χ1n) is 11.5. The highest BCUT2D eigenvalue weighted by atomic mass is 16.4. The van der Waals surface area contributed by atoms with E-state index in [-0.39, 0.29) is 11.8 Å². The molecule has 0 aliphatic carbocycles. The van der Waals surface area contributed by atoms with Crippen LogP contribution in [0.4, 0.5) is 0 Å². The fourth-order valence-corrected chi connectivity index (χ4v) is 4.41. The second-order valence-electron chi connectivity index (χ2n) is 11.1. The van der Waals surface area contributed by atoms with Crippen molar-refractivity contribution in [3.05, 3.63) is 0 Å². The Labute approximate surface area is 184 Å². The van der Waals surface area contributed by atoms with Crippen LogP contribution in [0.25, 0.3) is 0 Å². The van der Waals surface area contributed by atoms with E-state index in [1.165, 1.54) is 0 Å². The molecule has 0 saturated carbocycles. The van der Waals surface area contributed by atoms with Gasteiger partial charge in [0.25, 0.3) is 0 Å². The van der Waals surface area contributed by atoms with E-state index in [1.807, 2.05) is 27.7 Å². The summed E-state index contributed by atoms with van der Waals surface area (Å²) in [6.07, 6.45) is 0. The number of aliphatic hydroxyl groups is 4. The van der Waals surface area contributed by atoms with Gasteiger partial charge in [-0.1, -0.05) is 27.7 Å². The molecule has 180 valence electrons. The van der Waals surface area contributed by atoms with Crippen LogP contribution in [0.1, 0.15) is 55.4 Å². The van der Waals surface area contributed by atoms with Crippen molar-refractivity contribution in [2.24, 2.45) is 11.8 Å². The van der Waals surface area contributed by atoms with Crippen LogP contribution in [-0.2, 0) is 0 Å². The predicted octanol–water partition coefficient (Wildman–Crippen LogP) is 0.852. The molecule has 1 fully saturated rings. The van der Waals surface area contributed by atoms with E-state index in [4.69, 9.17) is 0 Å². The van der Waals surface area contributed by atoms with Crippen LogP contribution >= 0.6 is 0 Å². The van der Waals surface area contributed by atoms with Crippen LogP contribution in [0.15, 0.2) is 0 Å². The predicted molar refractivity (Wildman–Crippen MR) is 123 cm³/mol. The lowest BCUT2D eigenvalue weighted by Gasteiger charge is -2.46. The Morgan fingerprint density at radius 2 is 0.867 bits per heavy atom. The third-order valence-electron chi connectivity index (χ3n) is 7.29. The summed E-state index contributed by atoms with van der Waals surface area (Å²) < 4.78 is 0. The van der Waals surface area contributed by atoms with Crippen LogP contribution in [-0.4, -0.2) is 117 Å². The summed E-state index contributed by atoms with van der Waals surface area (Å²) in [6.45, 7) is 20.0. The summed E-state index contributed by atoms with van der Waals surface area (Å²) in [7, 11) is 2.08. The number of nitrogens with zero attached hydrogens (tertiary/aromatic N) is 3. The first-order valence-corrected chi connectivity index (χ1v) is 11.5. The second kappa shape index (κ2) is 10.1. The standard InChI is InChI=1S/C23H49N3O4/c1-18(2)22(29,20(5,6)27)16-25-12-10-24(9)11-13-26(15-14-25)17-23(30,19(3)4)21(7,8)28/h18-19,27-30H,10-17H2,1-9H3. The SMILES string of the molecule is CC(C)C(O)(CN1CCN(C)CCN(CC(O)(C(C)C)C(C)(C)O)CC1)C(C)(C)O. The van der Waals surface area contributed by atoms with Crippen molar-refractivity contribution in [2.45, 2.75) is 77.8 Å². The van der Waals surface area contributed by atoms with E-state index >= 15 is 0 Å². The molecule has 0 radical (unpaired) electrons. The number of likely N-dealkylation sites (N-methyl/N-ethyl adjacent to an activating group) is 1. The highest BCUT2D eigenvalue weighted by Gasteiger charge is 2.47. The van der Waals surface area contributed by atoms with E-state index in [1.54, 1.807) is 27.7 Å². The lowest BCUT2D eigenvalue weighted by Crippen LogP contribution is -2.62. The number of hydrogen-bond donors (Lipinski definition) is 4. The lowest BCUT2D eigenvalue weighted by molar-refractivity contribution is -0.172. The minimum Gasteiger partial charge on any atom is -0.387 e. The number of rotatable bonds is 8. The maximum absolute atomic E-state index is 11.3. The third-order valence-corrected chi connectivity index (χ3v) is 7.29. The molecule has 2 unspecified atom stereocenters. The molecule has 0 aromatic rings. The zero-order valence-corrected chi connectivity index (χ0v) is 20.9. The molecule has 0 amide bonds. The smallest absolute Gasteiger partial charge is 0.108 e. The van der Waals surface area contributed by atoms with Gasteiger partial charge in [-0.25, -0.2) is 0 Å². The van der Waals surface area contributed by atoms with Crippen LogP contribution < -0.4 is 0 Å². The van der Waals surface area contributed by atoms with Crippen molar-refractivity contribution in [3.8, 4) is 0 Å². The Morgan fingerprint density at radius 3 is 1.10 bits per heavy atom. The maximum atomic E-state index is 11.3. The number of hydrogen-bond acceptors (Lipinski definition) is 7. The molecule has 1 aliphatic rings. The van der Waals surface area contributed by atoms with Crippen molar-refractivity contribution in [1.82, 2.24) is 14.7 Å². The van der Waals surface area contributed by atoms with Gasteiger partial charge in [0, 0.05) is 52.4 Å². The summed E-state index contributed by atoms with van der Waals surface area (Å²) >= 11 is 0.